The van der Waals surface area contributed by atoms with E-state index in [1.54, 1.807) is 15.8 Å². The summed E-state index contributed by atoms with van der Waals surface area (Å²) in [4.78, 5) is 18.6. The number of carbonyl (C=O) groups excluding carboxylic acids is 1. The van der Waals surface area contributed by atoms with Crippen LogP contribution in [0.4, 0.5) is 8.78 Å². The number of methoxy groups -OCH3 is 1. The molecule has 0 unspecified atom stereocenters. The number of amides is 1. The summed E-state index contributed by atoms with van der Waals surface area (Å²) in [6.07, 6.45) is 3.07. The largest absolute Gasteiger partial charge is 0.490 e. The molecular weight excluding hydrogens is 558 g/mol. The van der Waals surface area contributed by atoms with Crippen molar-refractivity contribution in [1.82, 2.24) is 19.7 Å². The third kappa shape index (κ3) is 5.02. The first-order valence-corrected chi connectivity index (χ1v) is 14.1. The topological polar surface area (TPSA) is 69.5 Å². The molecule has 0 radical (unpaired) electrons. The Bertz CT molecular complexity index is 1910. The van der Waals surface area contributed by atoms with Crippen LogP contribution in [-0.4, -0.2) is 59.0 Å². The molecule has 1 fully saturated rings. The van der Waals surface area contributed by atoms with E-state index in [0.717, 1.165) is 32.6 Å². The van der Waals surface area contributed by atoms with Gasteiger partial charge in [-0.3, -0.25) is 9.48 Å². The van der Waals surface area contributed by atoms with E-state index >= 15 is 4.39 Å². The van der Waals surface area contributed by atoms with Crippen LogP contribution in [0.15, 0.2) is 60.6 Å². The van der Waals surface area contributed by atoms with Crippen LogP contribution in [0.1, 0.15) is 5.69 Å². The standard InChI is InChI=1S/C32H26F2N4O3S/c1-4-28(39)38-17-19(18-38)5-7-25-30(29-24(34)14-22(33)15-27(29)41-11-10-40-3)32-23(9-12-42-32)31(36-25)20-6-8-26-21(13-20)16-35-37(26)2/h4,6,8-9,12-16,19H,1,10-11,17-18H2,2-3H3. The monoisotopic (exact) mass is 584 g/mol. The summed E-state index contributed by atoms with van der Waals surface area (Å²) in [7, 11) is 3.41. The molecule has 1 saturated heterocycles. The Balaban J connectivity index is 1.55. The number of halogens is 2. The highest BCUT2D eigenvalue weighted by molar-refractivity contribution is 7.17. The number of pyridine rings is 1. The summed E-state index contributed by atoms with van der Waals surface area (Å²) < 4.78 is 43.5. The Morgan fingerprint density at radius 2 is 2.02 bits per heavy atom. The van der Waals surface area contributed by atoms with Crippen LogP contribution in [0, 0.1) is 29.4 Å². The van der Waals surface area contributed by atoms with Crippen molar-refractivity contribution in [3.05, 3.63) is 78.0 Å². The van der Waals surface area contributed by atoms with E-state index in [4.69, 9.17) is 14.5 Å². The molecule has 7 nitrogen and oxygen atoms in total. The minimum atomic E-state index is -0.780. The zero-order valence-electron chi connectivity index (χ0n) is 23.0. The van der Waals surface area contributed by atoms with Gasteiger partial charge >= 0.3 is 0 Å². The minimum absolute atomic E-state index is 0.0417. The molecule has 4 heterocycles. The number of aryl methyl sites for hydroxylation is 1. The molecule has 0 aliphatic carbocycles. The number of hydrogen-bond acceptors (Lipinski definition) is 6. The van der Waals surface area contributed by atoms with Gasteiger partial charge in [-0.1, -0.05) is 18.6 Å². The second-order valence-corrected chi connectivity index (χ2v) is 10.8. The second-order valence-electron chi connectivity index (χ2n) is 9.90. The van der Waals surface area contributed by atoms with Crippen LogP contribution < -0.4 is 4.74 Å². The third-order valence-corrected chi connectivity index (χ3v) is 8.14. The van der Waals surface area contributed by atoms with Crippen molar-refractivity contribution in [2.24, 2.45) is 13.0 Å². The van der Waals surface area contributed by atoms with Crippen molar-refractivity contribution in [2.45, 2.75) is 0 Å². The number of thiophene rings is 1. The Morgan fingerprint density at radius 3 is 2.81 bits per heavy atom. The second kappa shape index (κ2) is 11.4. The Kier molecular flexibility index (Phi) is 7.45. The van der Waals surface area contributed by atoms with Gasteiger partial charge in [0.2, 0.25) is 5.91 Å². The molecule has 212 valence electrons. The Morgan fingerprint density at radius 1 is 1.19 bits per heavy atom. The van der Waals surface area contributed by atoms with E-state index < -0.39 is 11.6 Å². The van der Waals surface area contributed by atoms with Gasteiger partial charge < -0.3 is 14.4 Å². The fraction of sp³-hybridized carbons (Fsp3) is 0.219. The van der Waals surface area contributed by atoms with Gasteiger partial charge in [-0.25, -0.2) is 13.8 Å². The van der Waals surface area contributed by atoms with Gasteiger partial charge in [0, 0.05) is 66.0 Å². The number of aromatic nitrogens is 3. The molecule has 5 aromatic rings. The molecule has 1 aliphatic heterocycles. The van der Waals surface area contributed by atoms with Crippen molar-refractivity contribution >= 4 is 38.2 Å². The molecule has 0 saturated carbocycles. The van der Waals surface area contributed by atoms with Gasteiger partial charge in [-0.15, -0.1) is 11.3 Å². The maximum atomic E-state index is 15.7. The quantitative estimate of drug-likeness (QED) is 0.137. The molecule has 1 amide bonds. The highest BCUT2D eigenvalue weighted by Gasteiger charge is 2.28. The van der Waals surface area contributed by atoms with Gasteiger partial charge in [0.25, 0.3) is 0 Å². The molecule has 3 aromatic heterocycles. The number of benzene rings is 2. The van der Waals surface area contributed by atoms with E-state index in [0.29, 0.717) is 30.0 Å². The highest BCUT2D eigenvalue weighted by Crippen LogP contribution is 2.44. The lowest BCUT2D eigenvalue weighted by atomic mass is 9.96. The Labute approximate surface area is 245 Å². The smallest absolute Gasteiger partial charge is 0.246 e. The average molecular weight is 585 g/mol. The predicted molar refractivity (Wildman–Crippen MR) is 159 cm³/mol. The summed E-state index contributed by atoms with van der Waals surface area (Å²) in [5.41, 5.74) is 3.38. The van der Waals surface area contributed by atoms with Gasteiger partial charge in [-0.05, 0) is 35.6 Å². The molecule has 6 rings (SSSR count). The zero-order valence-corrected chi connectivity index (χ0v) is 23.8. The van der Waals surface area contributed by atoms with Crippen molar-refractivity contribution < 1.29 is 23.0 Å². The lowest BCUT2D eigenvalue weighted by molar-refractivity contribution is -0.130. The number of ether oxygens (including phenoxy) is 2. The summed E-state index contributed by atoms with van der Waals surface area (Å²) in [6.45, 7) is 4.82. The van der Waals surface area contributed by atoms with Crippen LogP contribution in [-0.2, 0) is 16.6 Å². The number of carbonyl (C=O) groups is 1. The molecule has 10 heteroatoms. The molecular formula is C32H26F2N4O3S. The lowest BCUT2D eigenvalue weighted by Gasteiger charge is -2.35. The maximum absolute atomic E-state index is 15.7. The first kappa shape index (κ1) is 27.6. The summed E-state index contributed by atoms with van der Waals surface area (Å²) in [5.74, 6) is 4.69. The van der Waals surface area contributed by atoms with Crippen LogP contribution in [0.25, 0.3) is 43.4 Å². The van der Waals surface area contributed by atoms with Crippen LogP contribution >= 0.6 is 11.3 Å². The van der Waals surface area contributed by atoms with Gasteiger partial charge in [0.1, 0.15) is 29.7 Å². The van der Waals surface area contributed by atoms with Crippen LogP contribution in [0.3, 0.4) is 0 Å². The van der Waals surface area contributed by atoms with Gasteiger partial charge in [0.05, 0.1) is 35.5 Å². The minimum Gasteiger partial charge on any atom is -0.490 e. The highest BCUT2D eigenvalue weighted by atomic mass is 32.1. The molecule has 1 aliphatic rings. The fourth-order valence-corrected chi connectivity index (χ4v) is 6.02. The van der Waals surface area contributed by atoms with Crippen molar-refractivity contribution in [1.29, 1.82) is 0 Å². The number of nitrogens with zero attached hydrogens (tertiary/aromatic N) is 4. The van der Waals surface area contributed by atoms with Gasteiger partial charge in [-0.2, -0.15) is 5.10 Å². The van der Waals surface area contributed by atoms with Crippen molar-refractivity contribution in [3.8, 4) is 40.0 Å². The first-order chi connectivity index (χ1) is 20.4. The predicted octanol–water partition coefficient (Wildman–Crippen LogP) is 5.82. The summed E-state index contributed by atoms with van der Waals surface area (Å²) in [5, 5.41) is 8.02. The molecule has 0 bridgehead atoms. The van der Waals surface area contributed by atoms with Gasteiger partial charge in [0.15, 0.2) is 0 Å². The maximum Gasteiger partial charge on any atom is 0.246 e. The van der Waals surface area contributed by atoms with E-state index in [1.807, 2.05) is 36.7 Å². The van der Waals surface area contributed by atoms with E-state index in [9.17, 15) is 9.18 Å². The van der Waals surface area contributed by atoms with E-state index in [-0.39, 0.29) is 36.4 Å². The molecule has 0 N–H and O–H groups in total. The van der Waals surface area contributed by atoms with E-state index in [1.165, 1.54) is 30.6 Å². The molecule has 42 heavy (non-hydrogen) atoms. The number of rotatable bonds is 7. The Hall–Kier alpha value is -4.59. The zero-order chi connectivity index (χ0) is 29.4. The number of fused-ring (bicyclic) bond motifs is 2. The number of hydrogen-bond donors (Lipinski definition) is 0. The molecule has 2 aromatic carbocycles. The first-order valence-electron chi connectivity index (χ1n) is 13.2. The van der Waals surface area contributed by atoms with Crippen molar-refractivity contribution in [2.75, 3.05) is 33.4 Å². The molecule has 0 spiro atoms. The number of likely N-dealkylation sites (tertiary alicyclic amines) is 1. The third-order valence-electron chi connectivity index (χ3n) is 7.20. The van der Waals surface area contributed by atoms with Crippen LogP contribution in [0.2, 0.25) is 0 Å². The van der Waals surface area contributed by atoms with Crippen molar-refractivity contribution in [3.63, 3.8) is 0 Å². The normalized spacial score (nSPS) is 13.2. The van der Waals surface area contributed by atoms with Crippen LogP contribution in [0.5, 0.6) is 5.75 Å². The molecule has 0 atom stereocenters. The summed E-state index contributed by atoms with van der Waals surface area (Å²) in [6, 6.07) is 9.92. The fourth-order valence-electron chi connectivity index (χ4n) is 5.07. The van der Waals surface area contributed by atoms with E-state index in [2.05, 4.69) is 23.5 Å². The average Bonchev–Trinajstić information content (AvgIpc) is 3.59. The summed E-state index contributed by atoms with van der Waals surface area (Å²) >= 11 is 1.42. The lowest BCUT2D eigenvalue weighted by Crippen LogP contribution is -2.48. The SMILES string of the molecule is C=CC(=O)N1CC(C#Cc2nc(-c3ccc4c(cnn4C)c3)c3ccsc3c2-c2c(F)cc(F)cc2OCCOC)C1.